The highest BCUT2D eigenvalue weighted by Gasteiger charge is 2.29. The Bertz CT molecular complexity index is 536. The maximum atomic E-state index is 11.7. The monoisotopic (exact) mass is 269 g/mol. The van der Waals surface area contributed by atoms with Gasteiger partial charge < -0.3 is 10.4 Å². The number of carbonyl (C=O) groups excluding carboxylic acids is 1. The molecule has 1 heterocycles. The zero-order valence-corrected chi connectivity index (χ0v) is 10.6. The quantitative estimate of drug-likeness (QED) is 0.806. The number of benzene rings is 1. The Morgan fingerprint density at radius 1 is 1.33 bits per heavy atom. The summed E-state index contributed by atoms with van der Waals surface area (Å²) in [4.78, 5) is 11.7. The Balaban J connectivity index is 1.88. The Morgan fingerprint density at radius 2 is 2.00 bits per heavy atom. The van der Waals surface area contributed by atoms with E-state index in [0.717, 1.165) is 0 Å². The third-order valence-electron chi connectivity index (χ3n) is 2.95. The Kier molecular flexibility index (Phi) is 3.56. The molecule has 0 radical (unpaired) electrons. The van der Waals surface area contributed by atoms with Gasteiger partial charge in [0.1, 0.15) is 5.75 Å². The summed E-state index contributed by atoms with van der Waals surface area (Å²) in [6.07, 6.45) is 0.783. The molecule has 1 aromatic rings. The van der Waals surface area contributed by atoms with Crippen molar-refractivity contribution in [3.63, 3.8) is 0 Å². The number of aromatic hydroxyl groups is 1. The van der Waals surface area contributed by atoms with Crippen LogP contribution in [0, 0.1) is 5.92 Å². The predicted molar refractivity (Wildman–Crippen MR) is 68.1 cm³/mol. The first-order valence-corrected chi connectivity index (χ1v) is 7.56. The number of amides is 1. The number of phenols is 1. The summed E-state index contributed by atoms with van der Waals surface area (Å²) in [5.74, 6) is 0.157. The van der Waals surface area contributed by atoms with Crippen molar-refractivity contribution in [3.05, 3.63) is 24.3 Å². The SMILES string of the molecule is O=C(CC1CCS(=O)(=O)C1)Nc1ccc(O)cc1. The second-order valence-electron chi connectivity index (χ2n) is 4.57. The van der Waals surface area contributed by atoms with Crippen molar-refractivity contribution < 1.29 is 18.3 Å². The molecule has 1 atom stereocenters. The van der Waals surface area contributed by atoms with Crippen LogP contribution in [0.1, 0.15) is 12.8 Å². The normalized spacial score (nSPS) is 21.7. The fourth-order valence-electron chi connectivity index (χ4n) is 2.05. The molecule has 5 nitrogen and oxygen atoms in total. The summed E-state index contributed by atoms with van der Waals surface area (Å²) in [6.45, 7) is 0. The maximum absolute atomic E-state index is 11.7. The fourth-order valence-corrected chi connectivity index (χ4v) is 3.91. The third kappa shape index (κ3) is 3.46. The van der Waals surface area contributed by atoms with Gasteiger partial charge in [0.25, 0.3) is 0 Å². The van der Waals surface area contributed by atoms with Crippen LogP contribution in [0.2, 0.25) is 0 Å². The number of hydrogen-bond donors (Lipinski definition) is 2. The van der Waals surface area contributed by atoms with Gasteiger partial charge in [-0.15, -0.1) is 0 Å². The number of hydrogen-bond acceptors (Lipinski definition) is 4. The summed E-state index contributed by atoms with van der Waals surface area (Å²) in [5.41, 5.74) is 0.596. The molecule has 98 valence electrons. The number of carbonyl (C=O) groups is 1. The molecule has 0 aromatic heterocycles. The number of phenolic OH excluding ortho intramolecular Hbond substituents is 1. The lowest BCUT2D eigenvalue weighted by molar-refractivity contribution is -0.116. The molecule has 1 unspecified atom stereocenters. The van der Waals surface area contributed by atoms with Crippen molar-refractivity contribution in [2.45, 2.75) is 12.8 Å². The van der Waals surface area contributed by atoms with Crippen LogP contribution in [0.5, 0.6) is 5.75 Å². The van der Waals surface area contributed by atoms with E-state index in [0.29, 0.717) is 12.1 Å². The molecule has 1 aliphatic heterocycles. The second-order valence-corrected chi connectivity index (χ2v) is 6.80. The molecular weight excluding hydrogens is 254 g/mol. The first kappa shape index (κ1) is 12.9. The van der Waals surface area contributed by atoms with Gasteiger partial charge in [-0.25, -0.2) is 8.42 Å². The molecule has 1 fully saturated rings. The molecule has 6 heteroatoms. The van der Waals surface area contributed by atoms with Crippen molar-refractivity contribution in [1.82, 2.24) is 0 Å². The molecule has 2 rings (SSSR count). The summed E-state index contributed by atoms with van der Waals surface area (Å²) in [7, 11) is -2.93. The Hall–Kier alpha value is -1.56. The first-order valence-electron chi connectivity index (χ1n) is 5.74. The summed E-state index contributed by atoms with van der Waals surface area (Å²) in [6, 6.07) is 6.16. The summed E-state index contributed by atoms with van der Waals surface area (Å²) >= 11 is 0. The summed E-state index contributed by atoms with van der Waals surface area (Å²) < 4.78 is 22.5. The maximum Gasteiger partial charge on any atom is 0.224 e. The van der Waals surface area contributed by atoms with Gasteiger partial charge in [-0.05, 0) is 36.6 Å². The molecule has 0 saturated carbocycles. The van der Waals surface area contributed by atoms with Crippen LogP contribution in [0.3, 0.4) is 0 Å². The lowest BCUT2D eigenvalue weighted by Gasteiger charge is -2.08. The average Bonchev–Trinajstić information content (AvgIpc) is 2.61. The van der Waals surface area contributed by atoms with Crippen LogP contribution in [0.25, 0.3) is 0 Å². The van der Waals surface area contributed by atoms with E-state index in [4.69, 9.17) is 5.11 Å². The van der Waals surface area contributed by atoms with E-state index < -0.39 is 9.84 Å². The molecule has 0 bridgehead atoms. The molecule has 0 spiro atoms. The van der Waals surface area contributed by atoms with Crippen molar-refractivity contribution in [2.24, 2.45) is 5.92 Å². The minimum absolute atomic E-state index is 0.0767. The van der Waals surface area contributed by atoms with Crippen molar-refractivity contribution in [2.75, 3.05) is 16.8 Å². The van der Waals surface area contributed by atoms with E-state index in [1.165, 1.54) is 12.1 Å². The first-order chi connectivity index (χ1) is 8.44. The van der Waals surface area contributed by atoms with Crippen LogP contribution in [-0.2, 0) is 14.6 Å². The number of anilines is 1. The van der Waals surface area contributed by atoms with Crippen molar-refractivity contribution in [1.29, 1.82) is 0 Å². The largest absolute Gasteiger partial charge is 0.508 e. The Labute approximate surface area is 106 Å². The number of nitrogens with one attached hydrogen (secondary N) is 1. The fraction of sp³-hybridized carbons (Fsp3) is 0.417. The van der Waals surface area contributed by atoms with Gasteiger partial charge in [0.05, 0.1) is 11.5 Å². The molecule has 18 heavy (non-hydrogen) atoms. The minimum atomic E-state index is -2.93. The summed E-state index contributed by atoms with van der Waals surface area (Å²) in [5, 5.41) is 11.8. The van der Waals surface area contributed by atoms with Crippen LogP contribution in [0.15, 0.2) is 24.3 Å². The highest BCUT2D eigenvalue weighted by Crippen LogP contribution is 2.22. The molecule has 1 aromatic carbocycles. The van der Waals surface area contributed by atoms with Crippen LogP contribution >= 0.6 is 0 Å². The number of sulfone groups is 1. The topological polar surface area (TPSA) is 83.5 Å². The molecule has 1 amide bonds. The second kappa shape index (κ2) is 4.97. The average molecular weight is 269 g/mol. The van der Waals surface area contributed by atoms with Gasteiger partial charge in [-0.2, -0.15) is 0 Å². The Morgan fingerprint density at radius 3 is 2.56 bits per heavy atom. The van der Waals surface area contributed by atoms with Crippen LogP contribution < -0.4 is 5.32 Å². The minimum Gasteiger partial charge on any atom is -0.508 e. The van der Waals surface area contributed by atoms with Crippen LogP contribution in [0.4, 0.5) is 5.69 Å². The van der Waals surface area contributed by atoms with Gasteiger partial charge in [0.15, 0.2) is 9.84 Å². The third-order valence-corrected chi connectivity index (χ3v) is 4.79. The molecule has 1 saturated heterocycles. The van der Waals surface area contributed by atoms with Gasteiger partial charge in [0.2, 0.25) is 5.91 Å². The zero-order valence-electron chi connectivity index (χ0n) is 9.80. The zero-order chi connectivity index (χ0) is 13.2. The van der Waals surface area contributed by atoms with E-state index in [-0.39, 0.29) is 35.5 Å². The van der Waals surface area contributed by atoms with Gasteiger partial charge in [-0.3, -0.25) is 4.79 Å². The van der Waals surface area contributed by atoms with Gasteiger partial charge >= 0.3 is 0 Å². The smallest absolute Gasteiger partial charge is 0.224 e. The van der Waals surface area contributed by atoms with Crippen molar-refractivity contribution in [3.8, 4) is 5.75 Å². The van der Waals surface area contributed by atoms with Gasteiger partial charge in [0, 0.05) is 12.1 Å². The highest BCUT2D eigenvalue weighted by molar-refractivity contribution is 7.91. The molecule has 1 aliphatic rings. The van der Waals surface area contributed by atoms with E-state index in [2.05, 4.69) is 5.32 Å². The lowest BCUT2D eigenvalue weighted by Crippen LogP contribution is -2.17. The number of rotatable bonds is 3. The van der Waals surface area contributed by atoms with Crippen LogP contribution in [-0.4, -0.2) is 30.9 Å². The predicted octanol–water partition coefficient (Wildman–Crippen LogP) is 1.16. The van der Waals surface area contributed by atoms with Crippen molar-refractivity contribution >= 4 is 21.4 Å². The van der Waals surface area contributed by atoms with E-state index in [1.54, 1.807) is 12.1 Å². The molecule has 0 aliphatic carbocycles. The van der Waals surface area contributed by atoms with E-state index >= 15 is 0 Å². The molecular formula is C12H15NO4S. The highest BCUT2D eigenvalue weighted by atomic mass is 32.2. The van der Waals surface area contributed by atoms with E-state index in [9.17, 15) is 13.2 Å². The standard InChI is InChI=1S/C12H15NO4S/c14-11-3-1-10(2-4-11)13-12(15)7-9-5-6-18(16,17)8-9/h1-4,9,14H,5-8H2,(H,13,15). The van der Waals surface area contributed by atoms with Gasteiger partial charge in [-0.1, -0.05) is 0 Å². The molecule has 2 N–H and O–H groups in total. The lowest BCUT2D eigenvalue weighted by atomic mass is 10.1. The van der Waals surface area contributed by atoms with E-state index in [1.807, 2.05) is 0 Å².